The predicted octanol–water partition coefficient (Wildman–Crippen LogP) is 2.15. The van der Waals surface area contributed by atoms with Crippen molar-refractivity contribution in [3.05, 3.63) is 0 Å². The topological polar surface area (TPSA) is 68.2 Å². The van der Waals surface area contributed by atoms with Crippen LogP contribution in [0.15, 0.2) is 0 Å². The third kappa shape index (κ3) is 15.1. The van der Waals surface area contributed by atoms with Crippen LogP contribution in [0, 0.1) is 5.92 Å². The van der Waals surface area contributed by atoms with E-state index in [0.717, 1.165) is 0 Å². The SMILES string of the molecule is CC(C)CO.CCOC(CCCO)(OCC)OCC.[Hf]. The molecule has 0 radical (unpaired) electrons. The monoisotopic (exact) mass is 460 g/mol. The van der Waals surface area contributed by atoms with Gasteiger partial charge in [-0.15, -0.1) is 0 Å². The summed E-state index contributed by atoms with van der Waals surface area (Å²) in [6.07, 6.45) is 1.17. The van der Waals surface area contributed by atoms with Gasteiger partial charge in [0.2, 0.25) is 0 Å². The summed E-state index contributed by atoms with van der Waals surface area (Å²) in [7, 11) is 0. The minimum absolute atomic E-state index is 0. The quantitative estimate of drug-likeness (QED) is 0.388. The molecule has 0 aromatic carbocycles. The fourth-order valence-corrected chi connectivity index (χ4v) is 1.30. The summed E-state index contributed by atoms with van der Waals surface area (Å²) < 4.78 is 16.4. The summed E-state index contributed by atoms with van der Waals surface area (Å²) in [5.74, 6) is -0.518. The number of hydrogen-bond acceptors (Lipinski definition) is 5. The van der Waals surface area contributed by atoms with Crippen LogP contribution >= 0.6 is 0 Å². The van der Waals surface area contributed by atoms with Gasteiger partial charge in [-0.25, -0.2) is 0 Å². The molecule has 0 aliphatic rings. The summed E-state index contributed by atoms with van der Waals surface area (Å²) in [5.41, 5.74) is 0. The van der Waals surface area contributed by atoms with Crippen LogP contribution in [0.2, 0.25) is 0 Å². The zero-order chi connectivity index (χ0) is 15.1. The van der Waals surface area contributed by atoms with E-state index in [-0.39, 0.29) is 32.5 Å². The van der Waals surface area contributed by atoms with Crippen LogP contribution < -0.4 is 0 Å². The molecule has 0 aliphatic carbocycles. The Hall–Kier alpha value is 0.670. The zero-order valence-electron chi connectivity index (χ0n) is 13.6. The molecule has 0 heterocycles. The van der Waals surface area contributed by atoms with E-state index < -0.39 is 5.97 Å². The maximum atomic E-state index is 8.77. The minimum Gasteiger partial charge on any atom is -0.396 e. The first-order valence-electron chi connectivity index (χ1n) is 7.15. The van der Waals surface area contributed by atoms with E-state index in [0.29, 0.717) is 45.2 Å². The molecule has 0 amide bonds. The Bertz CT molecular complexity index is 162. The average Bonchev–Trinajstić information content (AvgIpc) is 2.38. The molecule has 0 atom stereocenters. The number of rotatable bonds is 10. The standard InChI is InChI=1S/C10H22O4.C4H10O.Hf/c1-4-12-10(13-5-2,14-6-3)8-7-9-11;1-4(2)3-5;/h11H,4-9H2,1-3H3;4-5H,3H2,1-2H3;. The molecule has 0 spiro atoms. The molecule has 0 fully saturated rings. The van der Waals surface area contributed by atoms with Gasteiger partial charge in [0.1, 0.15) is 0 Å². The van der Waals surface area contributed by atoms with Gasteiger partial charge in [-0.2, -0.15) is 0 Å². The maximum Gasteiger partial charge on any atom is 0.282 e. The van der Waals surface area contributed by atoms with Crippen LogP contribution in [-0.2, 0) is 40.1 Å². The Kier molecular flexibility index (Phi) is 22.7. The minimum atomic E-state index is -0.957. The third-order valence-electron chi connectivity index (χ3n) is 2.10. The smallest absolute Gasteiger partial charge is 0.282 e. The van der Waals surface area contributed by atoms with Crippen molar-refractivity contribution < 1.29 is 50.3 Å². The molecule has 0 aliphatic heterocycles. The van der Waals surface area contributed by atoms with Crippen LogP contribution in [0.4, 0.5) is 0 Å². The zero-order valence-corrected chi connectivity index (χ0v) is 17.2. The fraction of sp³-hybridized carbons (Fsp3) is 1.00. The molecular weight excluding hydrogens is 427 g/mol. The van der Waals surface area contributed by atoms with Crippen molar-refractivity contribution in [2.75, 3.05) is 33.0 Å². The van der Waals surface area contributed by atoms with E-state index in [4.69, 9.17) is 24.4 Å². The summed E-state index contributed by atoms with van der Waals surface area (Å²) in [6, 6.07) is 0. The Morgan fingerprint density at radius 3 is 1.45 bits per heavy atom. The Morgan fingerprint density at radius 2 is 1.25 bits per heavy atom. The molecule has 0 rings (SSSR count). The molecule has 6 heteroatoms. The Labute approximate surface area is 142 Å². The summed E-state index contributed by atoms with van der Waals surface area (Å²) in [5, 5.41) is 16.9. The normalized spacial score (nSPS) is 10.8. The molecule has 20 heavy (non-hydrogen) atoms. The largest absolute Gasteiger partial charge is 0.396 e. The second kappa shape index (κ2) is 17.7. The number of aliphatic hydroxyl groups is 2. The van der Waals surface area contributed by atoms with Crippen LogP contribution in [0.25, 0.3) is 0 Å². The van der Waals surface area contributed by atoms with E-state index in [1.54, 1.807) is 0 Å². The van der Waals surface area contributed by atoms with E-state index in [9.17, 15) is 0 Å². The van der Waals surface area contributed by atoms with Gasteiger partial charge in [-0.05, 0) is 33.1 Å². The van der Waals surface area contributed by atoms with E-state index in [1.165, 1.54) is 0 Å². The van der Waals surface area contributed by atoms with Gasteiger partial charge in [0.25, 0.3) is 5.97 Å². The van der Waals surface area contributed by atoms with Crippen LogP contribution in [0.3, 0.4) is 0 Å². The summed E-state index contributed by atoms with van der Waals surface area (Å²) in [6.45, 7) is 11.7. The van der Waals surface area contributed by atoms with Crippen molar-refractivity contribution in [2.45, 2.75) is 53.4 Å². The summed E-state index contributed by atoms with van der Waals surface area (Å²) in [4.78, 5) is 0. The second-order valence-electron chi connectivity index (χ2n) is 4.39. The van der Waals surface area contributed by atoms with Crippen molar-refractivity contribution in [3.63, 3.8) is 0 Å². The molecule has 0 saturated heterocycles. The first kappa shape index (κ1) is 25.6. The van der Waals surface area contributed by atoms with Gasteiger partial charge in [0.05, 0.1) is 0 Å². The first-order valence-corrected chi connectivity index (χ1v) is 7.15. The van der Waals surface area contributed by atoms with E-state index >= 15 is 0 Å². The van der Waals surface area contributed by atoms with Gasteiger partial charge in [-0.1, -0.05) is 13.8 Å². The van der Waals surface area contributed by atoms with E-state index in [2.05, 4.69) is 0 Å². The van der Waals surface area contributed by atoms with Gasteiger partial charge >= 0.3 is 0 Å². The van der Waals surface area contributed by atoms with E-state index in [1.807, 2.05) is 34.6 Å². The van der Waals surface area contributed by atoms with Crippen LogP contribution in [0.1, 0.15) is 47.5 Å². The molecule has 0 aromatic rings. The molecule has 0 bridgehead atoms. The Morgan fingerprint density at radius 1 is 0.900 bits per heavy atom. The maximum absolute atomic E-state index is 8.77. The van der Waals surface area contributed by atoms with Gasteiger partial charge in [-0.3, -0.25) is 0 Å². The average molecular weight is 459 g/mol. The van der Waals surface area contributed by atoms with Crippen LogP contribution in [0.5, 0.6) is 0 Å². The van der Waals surface area contributed by atoms with Gasteiger partial charge < -0.3 is 24.4 Å². The fourth-order valence-electron chi connectivity index (χ4n) is 1.30. The number of aliphatic hydroxyl groups excluding tert-OH is 2. The summed E-state index contributed by atoms with van der Waals surface area (Å²) >= 11 is 0. The molecule has 2 N–H and O–H groups in total. The predicted molar refractivity (Wildman–Crippen MR) is 75.9 cm³/mol. The van der Waals surface area contributed by atoms with Crippen molar-refractivity contribution in [1.82, 2.24) is 0 Å². The Balaban J connectivity index is -0.000000414. The van der Waals surface area contributed by atoms with Gasteiger partial charge in [0, 0.05) is 65.3 Å². The van der Waals surface area contributed by atoms with Crippen molar-refractivity contribution >= 4 is 0 Å². The molecule has 0 aromatic heterocycles. The molecule has 5 nitrogen and oxygen atoms in total. The van der Waals surface area contributed by atoms with Crippen molar-refractivity contribution in [1.29, 1.82) is 0 Å². The van der Waals surface area contributed by atoms with Crippen LogP contribution in [-0.4, -0.2) is 49.2 Å². The van der Waals surface area contributed by atoms with Crippen molar-refractivity contribution in [2.24, 2.45) is 5.92 Å². The molecule has 0 saturated carbocycles. The molecule has 0 unspecified atom stereocenters. The molecule has 122 valence electrons. The first-order chi connectivity index (χ1) is 9.01. The second-order valence-corrected chi connectivity index (χ2v) is 4.39. The number of hydrogen-bond donors (Lipinski definition) is 2. The van der Waals surface area contributed by atoms with Crippen molar-refractivity contribution in [3.8, 4) is 0 Å². The van der Waals surface area contributed by atoms with Gasteiger partial charge in [0.15, 0.2) is 0 Å². The molecular formula is C14H32HfO5. The third-order valence-corrected chi connectivity index (χ3v) is 2.10. The number of ether oxygens (including phenoxy) is 3.